The molecule has 0 N–H and O–H groups in total. The van der Waals surface area contributed by atoms with Crippen molar-refractivity contribution < 1.29 is 13.2 Å². The molecule has 21 heavy (non-hydrogen) atoms. The van der Waals surface area contributed by atoms with E-state index in [4.69, 9.17) is 0 Å². The van der Waals surface area contributed by atoms with E-state index >= 15 is 0 Å². The van der Waals surface area contributed by atoms with Crippen LogP contribution in [0.2, 0.25) is 0 Å². The van der Waals surface area contributed by atoms with Gasteiger partial charge < -0.3 is 0 Å². The van der Waals surface area contributed by atoms with E-state index in [2.05, 4.69) is 13.8 Å². The molecule has 1 fully saturated rings. The third-order valence-corrected chi connectivity index (χ3v) is 6.98. The number of rotatable bonds is 3. The van der Waals surface area contributed by atoms with Gasteiger partial charge in [-0.15, -0.1) is 0 Å². The Morgan fingerprint density at radius 3 is 2.38 bits per heavy atom. The summed E-state index contributed by atoms with van der Waals surface area (Å²) in [4.78, 5) is 11.5. The molecule has 1 saturated heterocycles. The van der Waals surface area contributed by atoms with Crippen LogP contribution >= 0.6 is 11.8 Å². The van der Waals surface area contributed by atoms with Crippen LogP contribution in [0.3, 0.4) is 0 Å². The van der Waals surface area contributed by atoms with E-state index < -0.39 is 10.0 Å². The lowest BCUT2D eigenvalue weighted by Gasteiger charge is -2.22. The number of carbonyl (C=O) groups is 1. The van der Waals surface area contributed by atoms with E-state index in [1.807, 2.05) is 11.8 Å². The van der Waals surface area contributed by atoms with Crippen molar-refractivity contribution in [2.45, 2.75) is 36.8 Å². The lowest BCUT2D eigenvalue weighted by atomic mass is 10.1. The molecule has 0 aromatic heterocycles. The van der Waals surface area contributed by atoms with Crippen LogP contribution in [0.1, 0.15) is 37.6 Å². The van der Waals surface area contributed by atoms with Gasteiger partial charge in [-0.2, -0.15) is 16.1 Å². The average Bonchev–Trinajstić information content (AvgIpc) is 2.60. The summed E-state index contributed by atoms with van der Waals surface area (Å²) >= 11 is 1.81. The number of nitrogens with zero attached hydrogens (tertiary/aromatic N) is 1. The number of ketones is 1. The van der Waals surface area contributed by atoms with Gasteiger partial charge in [0.1, 0.15) is 0 Å². The first-order chi connectivity index (χ1) is 9.72. The molecular weight excluding hydrogens is 306 g/mol. The van der Waals surface area contributed by atoms with Crippen molar-refractivity contribution in [3.63, 3.8) is 0 Å². The molecule has 1 aliphatic rings. The van der Waals surface area contributed by atoms with Gasteiger partial charge in [-0.3, -0.25) is 4.79 Å². The number of hydrogen-bond donors (Lipinski definition) is 0. The molecule has 1 heterocycles. The second-order valence-electron chi connectivity index (χ2n) is 5.84. The largest absolute Gasteiger partial charge is 0.295 e. The highest BCUT2D eigenvalue weighted by Crippen LogP contribution is 2.32. The van der Waals surface area contributed by atoms with Gasteiger partial charge >= 0.3 is 0 Å². The first kappa shape index (κ1) is 16.5. The maximum atomic E-state index is 12.7. The van der Waals surface area contributed by atoms with Crippen molar-refractivity contribution in [1.29, 1.82) is 0 Å². The molecule has 0 unspecified atom stereocenters. The Hall–Kier alpha value is -0.850. The minimum Gasteiger partial charge on any atom is -0.295 e. The molecule has 0 amide bonds. The second-order valence-corrected chi connectivity index (χ2v) is 9.58. The van der Waals surface area contributed by atoms with E-state index in [0.29, 0.717) is 18.7 Å². The van der Waals surface area contributed by atoms with Crippen molar-refractivity contribution >= 4 is 27.6 Å². The van der Waals surface area contributed by atoms with Crippen molar-refractivity contribution in [2.24, 2.45) is 0 Å². The number of sulfonamides is 1. The van der Waals surface area contributed by atoms with E-state index in [-0.39, 0.29) is 15.4 Å². The van der Waals surface area contributed by atoms with Crippen LogP contribution in [0, 0.1) is 0 Å². The zero-order chi connectivity index (χ0) is 15.7. The highest BCUT2D eigenvalue weighted by Gasteiger charge is 2.30. The van der Waals surface area contributed by atoms with Crippen LogP contribution in [-0.2, 0) is 10.0 Å². The monoisotopic (exact) mass is 327 g/mol. The Morgan fingerprint density at radius 2 is 1.81 bits per heavy atom. The number of Topliss-reactive ketones (excluding diaryl/α,β-unsaturated/α-hetero) is 1. The van der Waals surface area contributed by atoms with Gasteiger partial charge in [0.05, 0.1) is 4.90 Å². The molecule has 0 radical (unpaired) electrons. The predicted octanol–water partition coefficient (Wildman–Crippen LogP) is 2.80. The smallest absolute Gasteiger partial charge is 0.243 e. The standard InChI is InChI=1S/C15H21NO3S2/c1-12(17)13-4-6-14(7-5-13)21(18,19)16-9-8-15(2,3)20-11-10-16/h4-7H,8-11H2,1-3H3. The molecular formula is C15H21NO3S2. The van der Waals surface area contributed by atoms with E-state index in [0.717, 1.165) is 12.2 Å². The normalized spacial score (nSPS) is 20.0. The molecule has 0 saturated carbocycles. The summed E-state index contributed by atoms with van der Waals surface area (Å²) in [6.45, 7) is 6.84. The Balaban J connectivity index is 2.23. The fourth-order valence-corrected chi connectivity index (χ4v) is 4.91. The lowest BCUT2D eigenvalue weighted by Crippen LogP contribution is -2.33. The zero-order valence-electron chi connectivity index (χ0n) is 12.6. The maximum Gasteiger partial charge on any atom is 0.243 e. The number of thioether (sulfide) groups is 1. The van der Waals surface area contributed by atoms with E-state index in [9.17, 15) is 13.2 Å². The number of carbonyl (C=O) groups excluding carboxylic acids is 1. The fraction of sp³-hybridized carbons (Fsp3) is 0.533. The zero-order valence-corrected chi connectivity index (χ0v) is 14.3. The minimum absolute atomic E-state index is 0.0631. The Kier molecular flexibility index (Phi) is 4.80. The molecule has 1 aromatic carbocycles. The number of hydrogen-bond acceptors (Lipinski definition) is 4. The average molecular weight is 327 g/mol. The first-order valence-electron chi connectivity index (χ1n) is 6.97. The summed E-state index contributed by atoms with van der Waals surface area (Å²) in [5, 5.41) is 0. The van der Waals surface area contributed by atoms with Crippen LogP contribution in [0.5, 0.6) is 0 Å². The van der Waals surface area contributed by atoms with Gasteiger partial charge in [-0.25, -0.2) is 8.42 Å². The highest BCUT2D eigenvalue weighted by molar-refractivity contribution is 8.00. The molecule has 4 nitrogen and oxygen atoms in total. The van der Waals surface area contributed by atoms with Gasteiger partial charge in [0.25, 0.3) is 0 Å². The summed E-state index contributed by atoms with van der Waals surface area (Å²) in [7, 11) is -3.47. The van der Waals surface area contributed by atoms with Crippen LogP contribution in [0.15, 0.2) is 29.2 Å². The third-order valence-electron chi connectivity index (χ3n) is 3.70. The van der Waals surface area contributed by atoms with Crippen LogP contribution < -0.4 is 0 Å². The molecule has 0 bridgehead atoms. The predicted molar refractivity (Wildman–Crippen MR) is 86.4 cm³/mol. The molecule has 0 aliphatic carbocycles. The highest BCUT2D eigenvalue weighted by atomic mass is 32.2. The molecule has 0 atom stereocenters. The summed E-state index contributed by atoms with van der Waals surface area (Å²) in [6.07, 6.45) is 0.836. The molecule has 116 valence electrons. The van der Waals surface area contributed by atoms with Gasteiger partial charge in [0, 0.05) is 29.2 Å². The maximum absolute atomic E-state index is 12.7. The quantitative estimate of drug-likeness (QED) is 0.801. The van der Waals surface area contributed by atoms with Gasteiger partial charge in [0.15, 0.2) is 5.78 Å². The molecule has 2 rings (SSSR count). The molecule has 0 spiro atoms. The summed E-state index contributed by atoms with van der Waals surface area (Å²) in [6, 6.07) is 6.20. The number of benzene rings is 1. The van der Waals surface area contributed by atoms with Crippen molar-refractivity contribution in [1.82, 2.24) is 4.31 Å². The first-order valence-corrected chi connectivity index (χ1v) is 9.40. The molecule has 1 aromatic rings. The van der Waals surface area contributed by atoms with Crippen LogP contribution in [-0.4, -0.2) is 42.1 Å². The lowest BCUT2D eigenvalue weighted by molar-refractivity contribution is 0.101. The van der Waals surface area contributed by atoms with E-state index in [1.54, 1.807) is 16.4 Å². The topological polar surface area (TPSA) is 54.5 Å². The fourth-order valence-electron chi connectivity index (χ4n) is 2.25. The Bertz CT molecular complexity index is 621. The third kappa shape index (κ3) is 3.87. The summed E-state index contributed by atoms with van der Waals surface area (Å²) in [5.41, 5.74) is 0.529. The van der Waals surface area contributed by atoms with Crippen molar-refractivity contribution in [2.75, 3.05) is 18.8 Å². The molecule has 6 heteroatoms. The van der Waals surface area contributed by atoms with Crippen molar-refractivity contribution in [3.8, 4) is 0 Å². The van der Waals surface area contributed by atoms with Crippen molar-refractivity contribution in [3.05, 3.63) is 29.8 Å². The Labute approximate surface area is 131 Å². The second kappa shape index (κ2) is 6.10. The SMILES string of the molecule is CC(=O)c1ccc(S(=O)(=O)N2CCSC(C)(C)CC2)cc1. The van der Waals surface area contributed by atoms with Gasteiger partial charge in [0.2, 0.25) is 10.0 Å². The van der Waals surface area contributed by atoms with Gasteiger partial charge in [-0.1, -0.05) is 26.0 Å². The molecule has 1 aliphatic heterocycles. The summed E-state index contributed by atoms with van der Waals surface area (Å²) in [5.74, 6) is 0.740. The van der Waals surface area contributed by atoms with Gasteiger partial charge in [-0.05, 0) is 25.5 Å². The van der Waals surface area contributed by atoms with Crippen LogP contribution in [0.25, 0.3) is 0 Å². The summed E-state index contributed by atoms with van der Waals surface area (Å²) < 4.78 is 27.0. The van der Waals surface area contributed by atoms with E-state index in [1.165, 1.54) is 19.1 Å². The minimum atomic E-state index is -3.47. The van der Waals surface area contributed by atoms with Crippen LogP contribution in [0.4, 0.5) is 0 Å². The Morgan fingerprint density at radius 1 is 1.19 bits per heavy atom.